The van der Waals surface area contributed by atoms with Crippen LogP contribution in [0.15, 0.2) is 42.4 Å². The second-order valence-corrected chi connectivity index (χ2v) is 4.73. The van der Waals surface area contributed by atoms with Crippen LogP contribution in [0.25, 0.3) is 0 Å². The zero-order valence-electron chi connectivity index (χ0n) is 13.0. The van der Waals surface area contributed by atoms with Gasteiger partial charge in [0.2, 0.25) is 5.88 Å². The zero-order chi connectivity index (χ0) is 18.4. The van der Waals surface area contributed by atoms with Crippen molar-refractivity contribution < 1.29 is 27.0 Å². The molecule has 0 fully saturated rings. The van der Waals surface area contributed by atoms with E-state index in [1.54, 1.807) is 0 Å². The molecule has 2 rings (SSSR count). The molecule has 0 aliphatic rings. The maximum absolute atomic E-state index is 13.2. The van der Waals surface area contributed by atoms with Crippen LogP contribution in [0.4, 0.5) is 23.2 Å². The van der Waals surface area contributed by atoms with Crippen LogP contribution in [0.1, 0.15) is 5.56 Å². The number of halogens is 4. The fourth-order valence-corrected chi connectivity index (χ4v) is 1.71. The lowest BCUT2D eigenvalue weighted by Gasteiger charge is -2.10. The molecule has 2 aromatic rings. The van der Waals surface area contributed by atoms with Crippen molar-refractivity contribution in [3.8, 4) is 11.9 Å². The lowest BCUT2D eigenvalue weighted by molar-refractivity contribution is -0.139. The van der Waals surface area contributed by atoms with Gasteiger partial charge in [-0.05, 0) is 18.2 Å². The van der Waals surface area contributed by atoms with Crippen molar-refractivity contribution in [3.05, 3.63) is 53.7 Å². The smallest absolute Gasteiger partial charge is 0.419 e. The monoisotopic (exact) mass is 358 g/mol. The number of hydrogen-bond donors (Lipinski definition) is 2. The number of anilines is 1. The van der Waals surface area contributed by atoms with Crippen molar-refractivity contribution in [1.29, 1.82) is 0 Å². The molecular formula is C15H14F4N4O2. The van der Waals surface area contributed by atoms with E-state index in [0.29, 0.717) is 11.9 Å². The van der Waals surface area contributed by atoms with Crippen molar-refractivity contribution >= 4 is 5.69 Å². The number of ether oxygens (including phenoxy) is 2. The first-order valence-electron chi connectivity index (χ1n) is 6.87. The van der Waals surface area contributed by atoms with E-state index in [2.05, 4.69) is 15.3 Å². The molecule has 3 N–H and O–H groups in total. The van der Waals surface area contributed by atoms with E-state index in [0.717, 1.165) is 12.1 Å². The normalized spacial score (nSPS) is 12.0. The zero-order valence-corrected chi connectivity index (χ0v) is 13.0. The summed E-state index contributed by atoms with van der Waals surface area (Å²) in [5, 5.41) is 2.54. The number of methoxy groups -OCH3 is 1. The minimum atomic E-state index is -4.79. The summed E-state index contributed by atoms with van der Waals surface area (Å²) in [5.74, 6) is -1.05. The van der Waals surface area contributed by atoms with Gasteiger partial charge in [-0.25, -0.2) is 9.37 Å². The molecule has 0 saturated heterocycles. The number of nitrogens with two attached hydrogens (primary N) is 1. The fraction of sp³-hybridized carbons (Fsp3) is 0.200. The molecule has 10 heteroatoms. The van der Waals surface area contributed by atoms with Gasteiger partial charge in [0.1, 0.15) is 12.4 Å². The van der Waals surface area contributed by atoms with E-state index in [1.165, 1.54) is 25.6 Å². The van der Waals surface area contributed by atoms with Gasteiger partial charge in [-0.3, -0.25) is 0 Å². The Kier molecular flexibility index (Phi) is 5.63. The first-order chi connectivity index (χ1) is 11.8. The Labute approximate surface area is 140 Å². The van der Waals surface area contributed by atoms with Crippen LogP contribution in [-0.4, -0.2) is 23.7 Å². The van der Waals surface area contributed by atoms with Gasteiger partial charge in [-0.1, -0.05) is 0 Å². The molecule has 0 aliphatic heterocycles. The highest BCUT2D eigenvalue weighted by atomic mass is 19.4. The van der Waals surface area contributed by atoms with Crippen LogP contribution in [0.2, 0.25) is 0 Å². The SMILES string of the molecule is COc1ccnc(OC/C(N)=C/Nc2ccc(F)c(C(F)(F)F)c2)n1. The number of aromatic nitrogens is 2. The van der Waals surface area contributed by atoms with Crippen molar-refractivity contribution in [2.24, 2.45) is 5.73 Å². The molecule has 6 nitrogen and oxygen atoms in total. The van der Waals surface area contributed by atoms with Crippen LogP contribution < -0.4 is 20.5 Å². The second kappa shape index (κ2) is 7.69. The predicted molar refractivity (Wildman–Crippen MR) is 81.4 cm³/mol. The van der Waals surface area contributed by atoms with Gasteiger partial charge in [-0.2, -0.15) is 18.2 Å². The van der Waals surface area contributed by atoms with Crippen molar-refractivity contribution in [2.45, 2.75) is 6.18 Å². The fourth-order valence-electron chi connectivity index (χ4n) is 1.71. The van der Waals surface area contributed by atoms with E-state index in [4.69, 9.17) is 15.2 Å². The number of alkyl halides is 3. The molecule has 1 aromatic heterocycles. The van der Waals surface area contributed by atoms with Gasteiger partial charge in [0, 0.05) is 24.2 Å². The quantitative estimate of drug-likeness (QED) is 0.773. The number of rotatable bonds is 6. The first-order valence-corrected chi connectivity index (χ1v) is 6.87. The number of nitrogens with zero attached hydrogens (tertiary/aromatic N) is 2. The van der Waals surface area contributed by atoms with Gasteiger partial charge in [0.15, 0.2) is 0 Å². The molecule has 134 valence electrons. The van der Waals surface area contributed by atoms with Crippen LogP contribution in [0.5, 0.6) is 11.9 Å². The lowest BCUT2D eigenvalue weighted by Crippen LogP contribution is -2.13. The standard InChI is InChI=1S/C15H14F4N4O2/c1-24-13-4-5-21-14(23-13)25-8-9(20)7-22-10-2-3-12(16)11(6-10)15(17,18)19/h2-7,22H,8,20H2,1H3/b9-7-. The average molecular weight is 358 g/mol. The highest BCUT2D eigenvalue weighted by molar-refractivity contribution is 5.49. The summed E-state index contributed by atoms with van der Waals surface area (Å²) in [6.07, 6.45) is -2.13. The third-order valence-corrected chi connectivity index (χ3v) is 2.88. The Morgan fingerprint density at radius 3 is 2.76 bits per heavy atom. The molecule has 0 saturated carbocycles. The van der Waals surface area contributed by atoms with Crippen molar-refractivity contribution in [3.63, 3.8) is 0 Å². The van der Waals surface area contributed by atoms with E-state index in [-0.39, 0.29) is 24.0 Å². The van der Waals surface area contributed by atoms with Crippen molar-refractivity contribution in [1.82, 2.24) is 9.97 Å². The molecule has 0 spiro atoms. The Balaban J connectivity index is 1.99. The predicted octanol–water partition coefficient (Wildman–Crippen LogP) is 2.93. The average Bonchev–Trinajstić information content (AvgIpc) is 2.58. The van der Waals surface area contributed by atoms with Crippen molar-refractivity contribution in [2.75, 3.05) is 19.0 Å². The van der Waals surface area contributed by atoms with E-state index in [1.807, 2.05) is 0 Å². The Morgan fingerprint density at radius 2 is 2.08 bits per heavy atom. The number of nitrogens with one attached hydrogen (secondary N) is 1. The van der Waals surface area contributed by atoms with E-state index >= 15 is 0 Å². The summed E-state index contributed by atoms with van der Waals surface area (Å²) in [5.41, 5.74) is 4.49. The Morgan fingerprint density at radius 1 is 1.32 bits per heavy atom. The highest BCUT2D eigenvalue weighted by Gasteiger charge is 2.34. The third-order valence-electron chi connectivity index (χ3n) is 2.88. The van der Waals surface area contributed by atoms with E-state index < -0.39 is 17.6 Å². The first kappa shape index (κ1) is 18.3. The topological polar surface area (TPSA) is 82.3 Å². The largest absolute Gasteiger partial charge is 0.481 e. The summed E-state index contributed by atoms with van der Waals surface area (Å²) in [6, 6.07) is 4.07. The van der Waals surface area contributed by atoms with Gasteiger partial charge >= 0.3 is 12.2 Å². The lowest BCUT2D eigenvalue weighted by atomic mass is 10.2. The summed E-state index contributed by atoms with van der Waals surface area (Å²) >= 11 is 0. The Hall–Kier alpha value is -3.04. The minimum Gasteiger partial charge on any atom is -0.481 e. The maximum atomic E-state index is 13.2. The summed E-state index contributed by atoms with van der Waals surface area (Å²) in [4.78, 5) is 7.75. The molecule has 25 heavy (non-hydrogen) atoms. The van der Waals surface area contributed by atoms with Gasteiger partial charge in [-0.15, -0.1) is 0 Å². The number of benzene rings is 1. The third kappa shape index (κ3) is 5.23. The summed E-state index contributed by atoms with van der Waals surface area (Å²) in [7, 11) is 1.43. The second-order valence-electron chi connectivity index (χ2n) is 4.73. The summed E-state index contributed by atoms with van der Waals surface area (Å²) in [6.45, 7) is -0.118. The molecule has 1 heterocycles. The van der Waals surface area contributed by atoms with Crippen LogP contribution in [0, 0.1) is 5.82 Å². The molecule has 0 bridgehead atoms. The Bertz CT molecular complexity index is 765. The molecule has 0 atom stereocenters. The number of hydrogen-bond acceptors (Lipinski definition) is 6. The van der Waals surface area contributed by atoms with Crippen LogP contribution in [-0.2, 0) is 6.18 Å². The van der Waals surface area contributed by atoms with Gasteiger partial charge < -0.3 is 20.5 Å². The maximum Gasteiger partial charge on any atom is 0.419 e. The molecular weight excluding hydrogens is 344 g/mol. The molecule has 0 aliphatic carbocycles. The van der Waals surface area contributed by atoms with Crippen LogP contribution in [0.3, 0.4) is 0 Å². The van der Waals surface area contributed by atoms with Gasteiger partial charge in [0.25, 0.3) is 0 Å². The highest BCUT2D eigenvalue weighted by Crippen LogP contribution is 2.32. The molecule has 0 unspecified atom stereocenters. The van der Waals surface area contributed by atoms with Crippen LogP contribution >= 0.6 is 0 Å². The molecule has 1 aromatic carbocycles. The van der Waals surface area contributed by atoms with E-state index in [9.17, 15) is 17.6 Å². The minimum absolute atomic E-state index is 0.0225. The van der Waals surface area contributed by atoms with Gasteiger partial charge in [0.05, 0.1) is 18.4 Å². The molecule has 0 radical (unpaired) electrons. The summed E-state index contributed by atoms with van der Waals surface area (Å²) < 4.78 is 61.3. The molecule has 0 amide bonds.